The molecule has 3 heteroatoms. The van der Waals surface area contributed by atoms with E-state index in [1.54, 1.807) is 11.3 Å². The highest BCUT2D eigenvalue weighted by molar-refractivity contribution is 7.26. The third-order valence-electron chi connectivity index (χ3n) is 11.1. The van der Waals surface area contributed by atoms with Gasteiger partial charge in [0.15, 0.2) is 5.82 Å². The number of fused-ring (bicyclic) bond motifs is 9. The van der Waals surface area contributed by atoms with Gasteiger partial charge in [-0.3, -0.25) is 0 Å². The molecule has 49 heavy (non-hydrogen) atoms. The molecule has 0 N–H and O–H groups in total. The van der Waals surface area contributed by atoms with Crippen LogP contribution in [0.4, 0.5) is 0 Å². The van der Waals surface area contributed by atoms with Crippen LogP contribution in [0.1, 0.15) is 49.9 Å². The Balaban J connectivity index is 1.18. The van der Waals surface area contributed by atoms with Crippen LogP contribution in [0, 0.1) is 0 Å². The first kappa shape index (κ1) is 28.6. The molecule has 0 atom stereocenters. The predicted molar refractivity (Wildman–Crippen MR) is 206 cm³/mol. The molecule has 0 radical (unpaired) electrons. The first-order valence-electron chi connectivity index (χ1n) is 17.1. The quantitative estimate of drug-likeness (QED) is 0.191. The molecule has 0 amide bonds. The van der Waals surface area contributed by atoms with Crippen LogP contribution in [0.2, 0.25) is 0 Å². The largest absolute Gasteiger partial charge is 0.226 e. The topological polar surface area (TPSA) is 25.8 Å². The standard InChI is InChI=1S/C46H34N2S/c1-45(2)35-21-10-8-18-31(35)33-25-38-34(26-37(33)45)40-30(20-13-22-36(40)46(38,3)4)28-16-12-17-29(24-28)41-43-42(32-19-9-11-23-39(32)49-43)48-44(47-41)27-14-6-5-7-15-27/h5-26H,1-4H3. The number of nitrogens with zero attached hydrogens (tertiary/aromatic N) is 2. The summed E-state index contributed by atoms with van der Waals surface area (Å²) in [5, 5.41) is 1.18. The van der Waals surface area contributed by atoms with E-state index in [2.05, 4.69) is 155 Å². The fourth-order valence-corrected chi connectivity index (χ4v) is 9.71. The molecule has 8 aromatic rings. The maximum absolute atomic E-state index is 5.28. The monoisotopic (exact) mass is 646 g/mol. The molecular weight excluding hydrogens is 613 g/mol. The Morgan fingerprint density at radius 2 is 1.10 bits per heavy atom. The van der Waals surface area contributed by atoms with Gasteiger partial charge in [-0.25, -0.2) is 9.97 Å². The lowest BCUT2D eigenvalue weighted by Gasteiger charge is -2.24. The summed E-state index contributed by atoms with van der Waals surface area (Å²) in [5.41, 5.74) is 17.5. The minimum Gasteiger partial charge on any atom is -0.226 e. The molecule has 2 aromatic heterocycles. The fraction of sp³-hybridized carbons (Fsp3) is 0.130. The van der Waals surface area contributed by atoms with Crippen molar-refractivity contribution < 1.29 is 0 Å². The van der Waals surface area contributed by atoms with Crippen molar-refractivity contribution in [1.29, 1.82) is 0 Å². The molecule has 2 aliphatic rings. The molecule has 0 bridgehead atoms. The molecule has 2 aliphatic carbocycles. The molecule has 0 fully saturated rings. The van der Waals surface area contributed by atoms with Crippen LogP contribution in [0.3, 0.4) is 0 Å². The van der Waals surface area contributed by atoms with E-state index in [-0.39, 0.29) is 10.8 Å². The predicted octanol–water partition coefficient (Wildman–Crippen LogP) is 12.5. The van der Waals surface area contributed by atoms with Gasteiger partial charge in [0.05, 0.1) is 15.9 Å². The van der Waals surface area contributed by atoms with E-state index in [0.717, 1.165) is 32.9 Å². The minimum atomic E-state index is -0.116. The third-order valence-corrected chi connectivity index (χ3v) is 12.3. The van der Waals surface area contributed by atoms with Gasteiger partial charge in [0.25, 0.3) is 0 Å². The molecular formula is C46H34N2S. The van der Waals surface area contributed by atoms with Gasteiger partial charge >= 0.3 is 0 Å². The summed E-state index contributed by atoms with van der Waals surface area (Å²) >= 11 is 1.78. The highest BCUT2D eigenvalue weighted by Crippen LogP contribution is 2.57. The van der Waals surface area contributed by atoms with Crippen molar-refractivity contribution in [3.8, 4) is 56.0 Å². The van der Waals surface area contributed by atoms with Gasteiger partial charge in [-0.1, -0.05) is 137 Å². The lowest BCUT2D eigenvalue weighted by molar-refractivity contribution is 0.652. The maximum atomic E-state index is 5.28. The molecule has 0 saturated heterocycles. The van der Waals surface area contributed by atoms with E-state index >= 15 is 0 Å². The smallest absolute Gasteiger partial charge is 0.160 e. The molecule has 6 aromatic carbocycles. The van der Waals surface area contributed by atoms with Gasteiger partial charge < -0.3 is 0 Å². The molecule has 0 spiro atoms. The molecule has 10 rings (SSSR count). The molecule has 234 valence electrons. The molecule has 2 nitrogen and oxygen atoms in total. The van der Waals surface area contributed by atoms with Crippen LogP contribution >= 0.6 is 11.3 Å². The average molecular weight is 647 g/mol. The second-order valence-corrected chi connectivity index (χ2v) is 15.6. The Kier molecular flexibility index (Phi) is 5.88. The van der Waals surface area contributed by atoms with Crippen molar-refractivity contribution in [2.75, 3.05) is 0 Å². The Hall–Kier alpha value is -5.38. The summed E-state index contributed by atoms with van der Waals surface area (Å²) in [5.74, 6) is 0.755. The lowest BCUT2D eigenvalue weighted by atomic mass is 9.79. The van der Waals surface area contributed by atoms with Crippen molar-refractivity contribution in [3.05, 3.63) is 156 Å². The van der Waals surface area contributed by atoms with Gasteiger partial charge in [-0.15, -0.1) is 11.3 Å². The van der Waals surface area contributed by atoms with Crippen molar-refractivity contribution in [2.45, 2.75) is 38.5 Å². The summed E-state index contributed by atoms with van der Waals surface area (Å²) in [6.45, 7) is 9.53. The number of thiophene rings is 1. The first-order valence-corrected chi connectivity index (χ1v) is 17.9. The molecule has 0 aliphatic heterocycles. The van der Waals surface area contributed by atoms with Gasteiger partial charge in [-0.05, 0) is 79.9 Å². The highest BCUT2D eigenvalue weighted by atomic mass is 32.1. The third kappa shape index (κ3) is 4.00. The van der Waals surface area contributed by atoms with Gasteiger partial charge in [0.1, 0.15) is 0 Å². The zero-order valence-corrected chi connectivity index (χ0v) is 28.8. The van der Waals surface area contributed by atoms with E-state index in [4.69, 9.17) is 9.97 Å². The van der Waals surface area contributed by atoms with Crippen LogP contribution in [-0.4, -0.2) is 9.97 Å². The van der Waals surface area contributed by atoms with E-state index < -0.39 is 0 Å². The van der Waals surface area contributed by atoms with Gasteiger partial charge in [-0.2, -0.15) is 0 Å². The number of hydrogen-bond donors (Lipinski definition) is 0. The van der Waals surface area contributed by atoms with Crippen LogP contribution in [0.15, 0.2) is 133 Å². The summed E-state index contributed by atoms with van der Waals surface area (Å²) in [6, 6.07) is 48.8. The molecule has 0 unspecified atom stereocenters. The summed E-state index contributed by atoms with van der Waals surface area (Å²) < 4.78 is 2.35. The maximum Gasteiger partial charge on any atom is 0.160 e. The Bertz CT molecular complexity index is 2660. The van der Waals surface area contributed by atoms with Crippen LogP contribution < -0.4 is 0 Å². The highest BCUT2D eigenvalue weighted by Gasteiger charge is 2.42. The zero-order valence-electron chi connectivity index (χ0n) is 28.0. The Morgan fingerprint density at radius 1 is 0.469 bits per heavy atom. The summed E-state index contributed by atoms with van der Waals surface area (Å²) in [6.07, 6.45) is 0. The van der Waals surface area contributed by atoms with Crippen molar-refractivity contribution in [1.82, 2.24) is 9.97 Å². The number of hydrogen-bond acceptors (Lipinski definition) is 3. The number of rotatable bonds is 3. The number of benzene rings is 6. The summed E-state index contributed by atoms with van der Waals surface area (Å²) in [7, 11) is 0. The molecule has 0 saturated carbocycles. The van der Waals surface area contributed by atoms with Crippen LogP contribution in [0.5, 0.6) is 0 Å². The zero-order chi connectivity index (χ0) is 33.1. The van der Waals surface area contributed by atoms with E-state index in [1.165, 1.54) is 65.7 Å². The average Bonchev–Trinajstić information content (AvgIpc) is 3.71. The van der Waals surface area contributed by atoms with E-state index in [0.29, 0.717) is 0 Å². The first-order chi connectivity index (χ1) is 23.8. The van der Waals surface area contributed by atoms with Crippen LogP contribution in [0.25, 0.3) is 76.3 Å². The van der Waals surface area contributed by atoms with Gasteiger partial charge in [0.2, 0.25) is 0 Å². The number of aromatic nitrogens is 2. The Labute approximate surface area is 290 Å². The van der Waals surface area contributed by atoms with Crippen molar-refractivity contribution in [2.24, 2.45) is 0 Å². The fourth-order valence-electron chi connectivity index (χ4n) is 8.56. The van der Waals surface area contributed by atoms with Crippen molar-refractivity contribution in [3.63, 3.8) is 0 Å². The van der Waals surface area contributed by atoms with Crippen LogP contribution in [-0.2, 0) is 10.8 Å². The summed E-state index contributed by atoms with van der Waals surface area (Å²) in [4.78, 5) is 10.4. The second-order valence-electron chi connectivity index (χ2n) is 14.6. The normalized spacial score (nSPS) is 14.9. The second kappa shape index (κ2) is 10.1. The van der Waals surface area contributed by atoms with Crippen molar-refractivity contribution >= 4 is 31.6 Å². The minimum absolute atomic E-state index is 0.0538. The lowest BCUT2D eigenvalue weighted by Crippen LogP contribution is -2.16. The Morgan fingerprint density at radius 3 is 1.98 bits per heavy atom. The van der Waals surface area contributed by atoms with Gasteiger partial charge in [0, 0.05) is 32.0 Å². The SMILES string of the molecule is CC1(C)c2ccccc2-c2cc3c(cc21)-c1c(-c2cccc(-c4nc(-c5ccccc5)nc5c4sc4ccccc45)c2)cccc1C3(C)C. The molecule has 2 heterocycles. The van der Waals surface area contributed by atoms with E-state index in [1.807, 2.05) is 6.07 Å². The van der Waals surface area contributed by atoms with E-state index in [9.17, 15) is 0 Å².